The molecule has 0 bridgehead atoms. The van der Waals surface area contributed by atoms with Gasteiger partial charge in [0.05, 0.1) is 0 Å². The van der Waals surface area contributed by atoms with Gasteiger partial charge in [-0.25, -0.2) is 4.79 Å². The van der Waals surface area contributed by atoms with Crippen molar-refractivity contribution in [1.82, 2.24) is 10.2 Å². The average Bonchev–Trinajstić information content (AvgIpc) is 2.50. The zero-order chi connectivity index (χ0) is 17.0. The van der Waals surface area contributed by atoms with Crippen molar-refractivity contribution < 1.29 is 9.90 Å². The van der Waals surface area contributed by atoms with Crippen molar-refractivity contribution in [2.24, 2.45) is 0 Å². The van der Waals surface area contributed by atoms with Crippen LogP contribution in [-0.4, -0.2) is 41.3 Å². The van der Waals surface area contributed by atoms with Gasteiger partial charge in [0.15, 0.2) is 0 Å². The number of rotatable bonds is 3. The molecule has 1 fully saturated rings. The lowest BCUT2D eigenvalue weighted by Gasteiger charge is -2.34. The van der Waals surface area contributed by atoms with Crippen molar-refractivity contribution in [2.45, 2.75) is 45.6 Å². The molecule has 2 amide bonds. The number of aliphatic hydroxyl groups is 1. The van der Waals surface area contributed by atoms with Crippen LogP contribution in [0.3, 0.4) is 0 Å². The first kappa shape index (κ1) is 17.4. The van der Waals surface area contributed by atoms with Crippen LogP contribution in [0.25, 0.3) is 0 Å². The van der Waals surface area contributed by atoms with Gasteiger partial charge in [-0.05, 0) is 43.9 Å². The lowest BCUT2D eigenvalue weighted by Crippen LogP contribution is -2.49. The summed E-state index contributed by atoms with van der Waals surface area (Å²) < 4.78 is 0. The van der Waals surface area contributed by atoms with E-state index < -0.39 is 5.60 Å². The second kappa shape index (κ2) is 7.06. The second-order valence-electron chi connectivity index (χ2n) is 6.52. The number of carbonyl (C=O) groups excluding carboxylic acids is 1. The molecular weight excluding hydrogens is 288 g/mol. The van der Waals surface area contributed by atoms with E-state index in [1.54, 1.807) is 4.90 Å². The Balaban J connectivity index is 1.84. The van der Waals surface area contributed by atoms with Crippen LogP contribution < -0.4 is 5.32 Å². The number of piperidine rings is 1. The predicted molar refractivity (Wildman–Crippen MR) is 92.3 cm³/mol. The van der Waals surface area contributed by atoms with E-state index in [0.29, 0.717) is 32.5 Å². The summed E-state index contributed by atoms with van der Waals surface area (Å²) in [6.45, 7) is 7.92. The normalized spacial score (nSPS) is 16.7. The summed E-state index contributed by atoms with van der Waals surface area (Å²) in [6.07, 6.45) is 7.02. The summed E-state index contributed by atoms with van der Waals surface area (Å²) in [5, 5.41) is 13.0. The standard InChI is InChI=1S/C19H26N2O2/c1-5-19(23)7-10-21(11-8-19)18(22)20-9-6-17-15(3)12-14(2)13-16(17)4/h1,12-13,23H,6-11H2,2-4H3,(H,20,22). The average molecular weight is 314 g/mol. The number of nitrogens with zero attached hydrogens (tertiary/aromatic N) is 1. The van der Waals surface area contributed by atoms with Gasteiger partial charge in [-0.15, -0.1) is 6.42 Å². The molecule has 23 heavy (non-hydrogen) atoms. The van der Waals surface area contributed by atoms with Gasteiger partial charge in [0.1, 0.15) is 5.60 Å². The van der Waals surface area contributed by atoms with Crippen molar-refractivity contribution in [3.8, 4) is 12.3 Å². The maximum atomic E-state index is 12.2. The van der Waals surface area contributed by atoms with Gasteiger partial charge in [0.25, 0.3) is 0 Å². The molecule has 1 heterocycles. The van der Waals surface area contributed by atoms with Crippen LogP contribution in [0, 0.1) is 33.1 Å². The fourth-order valence-corrected chi connectivity index (χ4v) is 3.23. The van der Waals surface area contributed by atoms with Crippen molar-refractivity contribution in [3.05, 3.63) is 34.4 Å². The lowest BCUT2D eigenvalue weighted by molar-refractivity contribution is 0.0380. The molecule has 1 aromatic rings. The summed E-state index contributed by atoms with van der Waals surface area (Å²) >= 11 is 0. The maximum absolute atomic E-state index is 12.2. The molecule has 1 aromatic carbocycles. The number of carbonyl (C=O) groups is 1. The zero-order valence-electron chi connectivity index (χ0n) is 14.3. The van der Waals surface area contributed by atoms with Crippen LogP contribution in [0.5, 0.6) is 0 Å². The van der Waals surface area contributed by atoms with E-state index in [9.17, 15) is 9.90 Å². The third-order valence-electron chi connectivity index (χ3n) is 4.64. The first-order valence-corrected chi connectivity index (χ1v) is 8.14. The van der Waals surface area contributed by atoms with Crippen LogP contribution in [-0.2, 0) is 6.42 Å². The first-order chi connectivity index (χ1) is 10.8. The summed E-state index contributed by atoms with van der Waals surface area (Å²) in [6, 6.07) is 4.27. The molecule has 2 rings (SSSR count). The van der Waals surface area contributed by atoms with E-state index in [1.165, 1.54) is 22.3 Å². The molecular formula is C19H26N2O2. The van der Waals surface area contributed by atoms with Crippen LogP contribution in [0.4, 0.5) is 4.79 Å². The molecule has 1 saturated heterocycles. The number of amides is 2. The molecule has 124 valence electrons. The van der Waals surface area contributed by atoms with E-state index in [-0.39, 0.29) is 6.03 Å². The largest absolute Gasteiger partial charge is 0.377 e. The number of hydrogen-bond acceptors (Lipinski definition) is 2. The molecule has 1 aliphatic heterocycles. The highest BCUT2D eigenvalue weighted by atomic mass is 16.3. The van der Waals surface area contributed by atoms with Crippen molar-refractivity contribution in [1.29, 1.82) is 0 Å². The van der Waals surface area contributed by atoms with E-state index in [4.69, 9.17) is 6.42 Å². The fourth-order valence-electron chi connectivity index (χ4n) is 3.23. The van der Waals surface area contributed by atoms with Gasteiger partial charge < -0.3 is 15.3 Å². The highest BCUT2D eigenvalue weighted by Crippen LogP contribution is 2.21. The lowest BCUT2D eigenvalue weighted by atomic mass is 9.93. The van der Waals surface area contributed by atoms with E-state index in [2.05, 4.69) is 44.1 Å². The molecule has 0 aliphatic carbocycles. The van der Waals surface area contributed by atoms with Gasteiger partial charge in [0.2, 0.25) is 0 Å². The number of hydrogen-bond donors (Lipinski definition) is 2. The first-order valence-electron chi connectivity index (χ1n) is 8.14. The SMILES string of the molecule is C#CC1(O)CCN(C(=O)NCCc2c(C)cc(C)cc2C)CC1. The monoisotopic (exact) mass is 314 g/mol. The van der Waals surface area contributed by atoms with E-state index in [0.717, 1.165) is 6.42 Å². The molecule has 0 atom stereocenters. The maximum Gasteiger partial charge on any atom is 0.317 e. The number of terminal acetylenes is 1. The Morgan fingerprint density at radius 1 is 1.30 bits per heavy atom. The minimum atomic E-state index is -1.05. The Bertz CT molecular complexity index is 600. The molecule has 0 radical (unpaired) electrons. The quantitative estimate of drug-likeness (QED) is 0.841. The minimum Gasteiger partial charge on any atom is -0.377 e. The number of urea groups is 1. The van der Waals surface area contributed by atoms with Crippen molar-refractivity contribution in [2.75, 3.05) is 19.6 Å². The number of nitrogens with one attached hydrogen (secondary N) is 1. The molecule has 0 saturated carbocycles. The Morgan fingerprint density at radius 2 is 1.87 bits per heavy atom. The second-order valence-corrected chi connectivity index (χ2v) is 6.52. The van der Waals surface area contributed by atoms with Crippen LogP contribution in [0.15, 0.2) is 12.1 Å². The van der Waals surface area contributed by atoms with Gasteiger partial charge in [-0.2, -0.15) is 0 Å². The van der Waals surface area contributed by atoms with Crippen LogP contribution in [0.2, 0.25) is 0 Å². The molecule has 2 N–H and O–H groups in total. The summed E-state index contributed by atoms with van der Waals surface area (Å²) in [7, 11) is 0. The van der Waals surface area contributed by atoms with Gasteiger partial charge in [-0.3, -0.25) is 0 Å². The summed E-state index contributed by atoms with van der Waals surface area (Å²) in [5.41, 5.74) is 4.06. The Morgan fingerprint density at radius 3 is 2.39 bits per heavy atom. The molecule has 0 spiro atoms. The Kier molecular flexibility index (Phi) is 5.33. The molecule has 0 unspecified atom stereocenters. The molecule has 0 aromatic heterocycles. The van der Waals surface area contributed by atoms with Crippen LogP contribution in [0.1, 0.15) is 35.1 Å². The van der Waals surface area contributed by atoms with E-state index >= 15 is 0 Å². The molecule has 4 nitrogen and oxygen atoms in total. The highest BCUT2D eigenvalue weighted by molar-refractivity contribution is 5.74. The van der Waals surface area contributed by atoms with Crippen molar-refractivity contribution >= 4 is 6.03 Å². The van der Waals surface area contributed by atoms with Gasteiger partial charge in [-0.1, -0.05) is 23.6 Å². The fraction of sp³-hybridized carbons (Fsp3) is 0.526. The number of benzene rings is 1. The third kappa shape index (κ3) is 4.27. The van der Waals surface area contributed by atoms with Crippen LogP contribution >= 0.6 is 0 Å². The summed E-state index contributed by atoms with van der Waals surface area (Å²) in [4.78, 5) is 13.9. The van der Waals surface area contributed by atoms with Gasteiger partial charge in [0, 0.05) is 32.5 Å². The van der Waals surface area contributed by atoms with E-state index in [1.807, 2.05) is 0 Å². The number of likely N-dealkylation sites (tertiary alicyclic amines) is 1. The minimum absolute atomic E-state index is 0.0773. The Hall–Kier alpha value is -1.99. The molecule has 1 aliphatic rings. The topological polar surface area (TPSA) is 52.6 Å². The predicted octanol–water partition coefficient (Wildman–Crippen LogP) is 2.32. The van der Waals surface area contributed by atoms with Gasteiger partial charge >= 0.3 is 6.03 Å². The smallest absolute Gasteiger partial charge is 0.317 e. The third-order valence-corrected chi connectivity index (χ3v) is 4.64. The number of aryl methyl sites for hydroxylation is 3. The molecule has 4 heteroatoms. The Labute approximate surface area is 138 Å². The van der Waals surface area contributed by atoms with Crippen molar-refractivity contribution in [3.63, 3.8) is 0 Å². The highest BCUT2D eigenvalue weighted by Gasteiger charge is 2.31. The summed E-state index contributed by atoms with van der Waals surface area (Å²) in [5.74, 6) is 2.42. The zero-order valence-corrected chi connectivity index (χ0v) is 14.3.